The monoisotopic (exact) mass is 557 g/mol. The molecule has 1 aliphatic carbocycles. The molecule has 3 fully saturated rings. The number of nitrogens with one attached hydrogen (secondary N) is 2. The zero-order valence-electron chi connectivity index (χ0n) is 22.4. The minimum Gasteiger partial charge on any atom is -0.343 e. The van der Waals surface area contributed by atoms with E-state index in [4.69, 9.17) is 0 Å². The molecular formula is C28H34F3N7O2. The predicted molar refractivity (Wildman–Crippen MR) is 144 cm³/mol. The van der Waals surface area contributed by atoms with Crippen molar-refractivity contribution in [1.82, 2.24) is 34.5 Å². The van der Waals surface area contributed by atoms with E-state index in [-0.39, 0.29) is 24.1 Å². The summed E-state index contributed by atoms with van der Waals surface area (Å²) in [5.74, 6) is 0.672. The number of hydrogen-bond donors (Lipinski definition) is 2. The van der Waals surface area contributed by atoms with Crippen molar-refractivity contribution in [1.29, 1.82) is 0 Å². The summed E-state index contributed by atoms with van der Waals surface area (Å²) >= 11 is 0. The van der Waals surface area contributed by atoms with Crippen molar-refractivity contribution in [2.75, 3.05) is 39.9 Å². The van der Waals surface area contributed by atoms with Crippen molar-refractivity contribution in [3.05, 3.63) is 69.9 Å². The van der Waals surface area contributed by atoms with Gasteiger partial charge in [0.2, 0.25) is 6.41 Å². The molecule has 0 bridgehead atoms. The summed E-state index contributed by atoms with van der Waals surface area (Å²) in [7, 11) is 2.05. The fourth-order valence-corrected chi connectivity index (χ4v) is 6.27. The summed E-state index contributed by atoms with van der Waals surface area (Å²) in [4.78, 5) is 30.5. The number of halogens is 3. The fourth-order valence-electron chi connectivity index (χ4n) is 6.27. The van der Waals surface area contributed by atoms with Gasteiger partial charge in [0.05, 0.1) is 29.6 Å². The maximum atomic E-state index is 14.2. The molecule has 0 radical (unpaired) electrons. The first-order chi connectivity index (χ1) is 19.2. The number of likely N-dealkylation sites (N-methyl/N-ethyl adjacent to an activating group) is 1. The highest BCUT2D eigenvalue weighted by molar-refractivity contribution is 5.58. The number of amides is 1. The van der Waals surface area contributed by atoms with Crippen LogP contribution in [0.5, 0.6) is 0 Å². The lowest BCUT2D eigenvalue weighted by atomic mass is 9.71. The minimum atomic E-state index is -4.63. The van der Waals surface area contributed by atoms with Gasteiger partial charge in [0, 0.05) is 51.0 Å². The average Bonchev–Trinajstić information content (AvgIpc) is 3.48. The lowest BCUT2D eigenvalue weighted by Crippen LogP contribution is -2.45. The van der Waals surface area contributed by atoms with E-state index in [1.807, 2.05) is 23.1 Å². The van der Waals surface area contributed by atoms with Crippen LogP contribution < -0.4 is 16.5 Å². The van der Waals surface area contributed by atoms with Crippen molar-refractivity contribution in [2.45, 2.75) is 44.1 Å². The molecule has 1 amide bonds. The Kier molecular flexibility index (Phi) is 7.19. The van der Waals surface area contributed by atoms with Crippen LogP contribution in [0, 0.1) is 5.92 Å². The van der Waals surface area contributed by atoms with E-state index in [1.165, 1.54) is 23.4 Å². The number of piperazine rings is 1. The molecule has 3 aliphatic rings. The smallest absolute Gasteiger partial charge is 0.343 e. The number of hydrogen-bond acceptors (Lipinski definition) is 6. The Balaban J connectivity index is 1.37. The van der Waals surface area contributed by atoms with Crippen LogP contribution in [0.15, 0.2) is 47.5 Å². The highest BCUT2D eigenvalue weighted by Crippen LogP contribution is 2.42. The second kappa shape index (κ2) is 10.7. The maximum Gasteiger partial charge on any atom is 0.418 e. The zero-order valence-corrected chi connectivity index (χ0v) is 22.4. The van der Waals surface area contributed by atoms with Gasteiger partial charge in [-0.05, 0) is 55.1 Å². The number of imidazole rings is 1. The van der Waals surface area contributed by atoms with Crippen molar-refractivity contribution >= 4 is 11.9 Å². The van der Waals surface area contributed by atoms with E-state index < -0.39 is 17.4 Å². The zero-order chi connectivity index (χ0) is 28.0. The summed E-state index contributed by atoms with van der Waals surface area (Å²) in [6.07, 6.45) is 2.49. The van der Waals surface area contributed by atoms with Crippen molar-refractivity contribution in [2.24, 2.45) is 5.92 Å². The predicted octanol–water partition coefficient (Wildman–Crippen LogP) is 2.59. The van der Waals surface area contributed by atoms with E-state index in [0.29, 0.717) is 50.0 Å². The summed E-state index contributed by atoms with van der Waals surface area (Å²) in [6, 6.07) is 8.78. The number of aromatic nitrogens is 2. The van der Waals surface area contributed by atoms with E-state index in [1.54, 1.807) is 11.0 Å². The van der Waals surface area contributed by atoms with Gasteiger partial charge in [-0.3, -0.25) is 23.6 Å². The Bertz CT molecular complexity index is 1440. The topological polar surface area (TPSA) is 77.3 Å². The average molecular weight is 558 g/mol. The Morgan fingerprint density at radius 2 is 1.88 bits per heavy atom. The number of benzene rings is 1. The highest BCUT2D eigenvalue weighted by Gasteiger charge is 2.39. The van der Waals surface area contributed by atoms with Gasteiger partial charge in [-0.15, -0.1) is 0 Å². The van der Waals surface area contributed by atoms with Gasteiger partial charge in [-0.25, -0.2) is 15.6 Å². The van der Waals surface area contributed by atoms with Crippen LogP contribution in [0.25, 0.3) is 11.2 Å². The fraction of sp³-hybridized carbons (Fsp3) is 0.500. The first kappa shape index (κ1) is 27.0. The van der Waals surface area contributed by atoms with Gasteiger partial charge >= 0.3 is 11.9 Å². The second-order valence-electron chi connectivity index (χ2n) is 11.2. The highest BCUT2D eigenvalue weighted by atomic mass is 19.4. The normalized spacial score (nSPS) is 22.1. The molecule has 0 spiro atoms. The lowest BCUT2D eigenvalue weighted by molar-refractivity contribution is -0.136. The molecule has 9 nitrogen and oxygen atoms in total. The number of fused-ring (bicyclic) bond motifs is 1. The van der Waals surface area contributed by atoms with Gasteiger partial charge in [0.1, 0.15) is 0 Å². The lowest BCUT2D eigenvalue weighted by Gasteiger charge is -2.39. The number of pyridine rings is 1. The molecule has 2 aromatic heterocycles. The molecular weight excluding hydrogens is 523 g/mol. The van der Waals surface area contributed by atoms with Crippen LogP contribution in [0.3, 0.4) is 0 Å². The Morgan fingerprint density at radius 1 is 1.10 bits per heavy atom. The van der Waals surface area contributed by atoms with Crippen molar-refractivity contribution in [3.8, 4) is 5.69 Å². The Morgan fingerprint density at radius 3 is 2.50 bits per heavy atom. The van der Waals surface area contributed by atoms with E-state index in [0.717, 1.165) is 35.3 Å². The summed E-state index contributed by atoms with van der Waals surface area (Å²) < 4.78 is 45.1. The Hall–Kier alpha value is -3.19. The minimum absolute atomic E-state index is 0.0816. The number of nitrogens with zero attached hydrogens (tertiary/aromatic N) is 5. The molecule has 214 valence electrons. The number of carbonyl (C=O) groups is 1. The molecule has 6 rings (SSSR count). The number of hydrazine groups is 1. The molecule has 3 aromatic rings. The summed E-state index contributed by atoms with van der Waals surface area (Å²) in [5.41, 5.74) is 7.03. The van der Waals surface area contributed by atoms with E-state index in [9.17, 15) is 22.8 Å². The number of carbonyl (C=O) groups excluding carboxylic acids is 1. The number of rotatable bonds is 7. The first-order valence-electron chi connectivity index (χ1n) is 13.8. The number of alkyl halides is 3. The van der Waals surface area contributed by atoms with Crippen LogP contribution in [0.1, 0.15) is 41.9 Å². The van der Waals surface area contributed by atoms with Gasteiger partial charge in [-0.2, -0.15) is 13.2 Å². The molecule has 2 aliphatic heterocycles. The molecule has 2 N–H and O–H groups in total. The third kappa shape index (κ3) is 5.05. The second-order valence-corrected chi connectivity index (χ2v) is 11.2. The molecule has 1 aromatic carbocycles. The van der Waals surface area contributed by atoms with Gasteiger partial charge in [0.15, 0.2) is 0 Å². The third-order valence-corrected chi connectivity index (χ3v) is 8.68. The van der Waals surface area contributed by atoms with Crippen molar-refractivity contribution in [3.63, 3.8) is 0 Å². The molecule has 12 heteroatoms. The first-order valence-corrected chi connectivity index (χ1v) is 13.8. The van der Waals surface area contributed by atoms with Crippen LogP contribution in [-0.2, 0) is 17.5 Å². The summed E-state index contributed by atoms with van der Waals surface area (Å²) in [6.45, 7) is 3.14. The molecule has 1 saturated carbocycles. The largest absolute Gasteiger partial charge is 0.418 e. The van der Waals surface area contributed by atoms with Gasteiger partial charge in [0.25, 0.3) is 0 Å². The Labute approximate surface area is 230 Å². The van der Waals surface area contributed by atoms with Crippen LogP contribution in [0.4, 0.5) is 13.2 Å². The van der Waals surface area contributed by atoms with E-state index in [2.05, 4.69) is 22.8 Å². The van der Waals surface area contributed by atoms with Crippen molar-refractivity contribution < 1.29 is 18.0 Å². The van der Waals surface area contributed by atoms with E-state index >= 15 is 0 Å². The van der Waals surface area contributed by atoms with Gasteiger partial charge < -0.3 is 4.90 Å². The molecule has 4 heterocycles. The van der Waals surface area contributed by atoms with Crippen LogP contribution in [0.2, 0.25) is 0 Å². The summed E-state index contributed by atoms with van der Waals surface area (Å²) in [5, 5.41) is 0. The third-order valence-electron chi connectivity index (χ3n) is 8.68. The van der Waals surface area contributed by atoms with Crippen LogP contribution >= 0.6 is 0 Å². The molecule has 40 heavy (non-hydrogen) atoms. The molecule has 2 saturated heterocycles. The van der Waals surface area contributed by atoms with Gasteiger partial charge in [-0.1, -0.05) is 18.6 Å². The SMILES string of the molecule is CN1CNNC1[C@H](c1cccc(-n2cc3c(C(F)(F)F)cc(CN4CCN(C=O)CC4)cn3c2=O)c1)C1CCC1. The van der Waals surface area contributed by atoms with Crippen LogP contribution in [-0.4, -0.2) is 76.1 Å². The molecule has 1 unspecified atom stereocenters. The standard InChI is InChI=1S/C28H34F3N7O2/c1-34-17-32-33-26(34)25(20-4-2-5-20)21-6-3-7-22(13-21)37-16-24-23(28(29,30)31)12-19(15-38(24)27(37)40)14-35-8-10-36(18-39)11-9-35/h3,6-7,12-13,15-16,18,20,25-26,32-33H,2,4-5,8-11,14,17H2,1H3/t25-,26?/m0/s1. The molecule has 2 atom stereocenters. The maximum absolute atomic E-state index is 14.2. The quantitative estimate of drug-likeness (QED) is 0.435.